The number of rotatable bonds is 2. The molecule has 1 amide bonds. The van der Waals surface area contributed by atoms with Gasteiger partial charge < -0.3 is 15.3 Å². The van der Waals surface area contributed by atoms with Crippen LogP contribution in [-0.2, 0) is 0 Å². The van der Waals surface area contributed by atoms with Crippen molar-refractivity contribution >= 4 is 11.6 Å². The Morgan fingerprint density at radius 3 is 2.76 bits per heavy atom. The molecule has 1 aliphatic heterocycles. The number of hydrogen-bond donors (Lipinski definition) is 2. The molecule has 0 saturated carbocycles. The van der Waals surface area contributed by atoms with Gasteiger partial charge in [-0.05, 0) is 31.0 Å². The van der Waals surface area contributed by atoms with Crippen LogP contribution in [0.5, 0.6) is 0 Å². The summed E-state index contributed by atoms with van der Waals surface area (Å²) in [6, 6.07) is 7.60. The zero-order valence-corrected chi connectivity index (χ0v) is 10.0. The topological polar surface area (TPSA) is 52.6 Å². The van der Waals surface area contributed by atoms with E-state index in [1.54, 1.807) is 13.1 Å². The first kappa shape index (κ1) is 11.9. The van der Waals surface area contributed by atoms with Crippen LogP contribution in [0.2, 0.25) is 0 Å². The highest BCUT2D eigenvalue weighted by molar-refractivity contribution is 5.94. The van der Waals surface area contributed by atoms with Gasteiger partial charge in [-0.1, -0.05) is 6.07 Å². The molecule has 2 rings (SSSR count). The molecule has 92 valence electrons. The molecule has 1 aliphatic rings. The van der Waals surface area contributed by atoms with E-state index in [0.29, 0.717) is 5.56 Å². The third kappa shape index (κ3) is 2.77. The Bertz CT molecular complexity index is 398. The van der Waals surface area contributed by atoms with Gasteiger partial charge in [0.05, 0.1) is 6.10 Å². The SMILES string of the molecule is CNC(=O)c1cccc(N2CCC(O)CC2)c1. The Hall–Kier alpha value is -1.55. The molecular formula is C13H18N2O2. The number of hydrogen-bond acceptors (Lipinski definition) is 3. The van der Waals surface area contributed by atoms with Gasteiger partial charge in [0.2, 0.25) is 0 Å². The van der Waals surface area contributed by atoms with Crippen molar-refractivity contribution in [3.8, 4) is 0 Å². The number of aliphatic hydroxyl groups is 1. The summed E-state index contributed by atoms with van der Waals surface area (Å²) in [4.78, 5) is 13.7. The Morgan fingerprint density at radius 1 is 1.41 bits per heavy atom. The van der Waals surface area contributed by atoms with Crippen LogP contribution in [-0.4, -0.2) is 37.3 Å². The molecule has 0 bridgehead atoms. The maximum absolute atomic E-state index is 11.5. The quantitative estimate of drug-likeness (QED) is 0.803. The summed E-state index contributed by atoms with van der Waals surface area (Å²) in [7, 11) is 1.63. The lowest BCUT2D eigenvalue weighted by Gasteiger charge is -2.31. The van der Waals surface area contributed by atoms with Crippen LogP contribution in [0.4, 0.5) is 5.69 Å². The second-order valence-corrected chi connectivity index (χ2v) is 4.35. The largest absolute Gasteiger partial charge is 0.393 e. The Kier molecular flexibility index (Phi) is 3.64. The zero-order valence-electron chi connectivity index (χ0n) is 10.0. The van der Waals surface area contributed by atoms with E-state index in [9.17, 15) is 9.90 Å². The Balaban J connectivity index is 2.13. The molecule has 0 aliphatic carbocycles. The molecule has 0 atom stereocenters. The average molecular weight is 234 g/mol. The maximum Gasteiger partial charge on any atom is 0.251 e. The third-order valence-corrected chi connectivity index (χ3v) is 3.17. The van der Waals surface area contributed by atoms with E-state index in [4.69, 9.17) is 0 Å². The molecule has 0 spiro atoms. The van der Waals surface area contributed by atoms with Crippen molar-refractivity contribution in [1.29, 1.82) is 0 Å². The highest BCUT2D eigenvalue weighted by atomic mass is 16.3. The zero-order chi connectivity index (χ0) is 12.3. The normalized spacial score (nSPS) is 16.9. The van der Waals surface area contributed by atoms with Crippen LogP contribution in [0.3, 0.4) is 0 Å². The highest BCUT2D eigenvalue weighted by Crippen LogP contribution is 2.21. The number of aliphatic hydroxyl groups excluding tert-OH is 1. The summed E-state index contributed by atoms with van der Waals surface area (Å²) in [5.41, 5.74) is 1.73. The van der Waals surface area contributed by atoms with Crippen molar-refractivity contribution in [1.82, 2.24) is 5.32 Å². The minimum atomic E-state index is -0.173. The molecule has 1 heterocycles. The first-order valence-corrected chi connectivity index (χ1v) is 5.96. The lowest BCUT2D eigenvalue weighted by atomic mass is 10.1. The van der Waals surface area contributed by atoms with Crippen molar-refractivity contribution in [3.63, 3.8) is 0 Å². The minimum absolute atomic E-state index is 0.0658. The molecular weight excluding hydrogens is 216 g/mol. The molecule has 0 radical (unpaired) electrons. The van der Waals surface area contributed by atoms with E-state index in [-0.39, 0.29) is 12.0 Å². The lowest BCUT2D eigenvalue weighted by molar-refractivity contribution is 0.0963. The molecule has 17 heavy (non-hydrogen) atoms. The van der Waals surface area contributed by atoms with Crippen molar-refractivity contribution < 1.29 is 9.90 Å². The smallest absolute Gasteiger partial charge is 0.251 e. The van der Waals surface area contributed by atoms with Crippen molar-refractivity contribution in [2.75, 3.05) is 25.0 Å². The molecule has 4 nitrogen and oxygen atoms in total. The lowest BCUT2D eigenvalue weighted by Crippen LogP contribution is -2.35. The predicted molar refractivity (Wildman–Crippen MR) is 67.3 cm³/mol. The van der Waals surface area contributed by atoms with Gasteiger partial charge in [-0.15, -0.1) is 0 Å². The summed E-state index contributed by atoms with van der Waals surface area (Å²) in [6.07, 6.45) is 1.42. The summed E-state index contributed by atoms with van der Waals surface area (Å²) in [5, 5.41) is 12.1. The van der Waals surface area contributed by atoms with Crippen LogP contribution in [0, 0.1) is 0 Å². The first-order chi connectivity index (χ1) is 8.20. The standard InChI is InChI=1S/C13H18N2O2/c1-14-13(17)10-3-2-4-11(9-10)15-7-5-12(16)6-8-15/h2-4,9,12,16H,5-8H2,1H3,(H,14,17). The van der Waals surface area contributed by atoms with Crippen LogP contribution in [0.1, 0.15) is 23.2 Å². The van der Waals surface area contributed by atoms with Crippen LogP contribution in [0.15, 0.2) is 24.3 Å². The summed E-state index contributed by atoms with van der Waals surface area (Å²) in [6.45, 7) is 1.69. The highest BCUT2D eigenvalue weighted by Gasteiger charge is 2.17. The summed E-state index contributed by atoms with van der Waals surface area (Å²) >= 11 is 0. The number of piperidine rings is 1. The Morgan fingerprint density at radius 2 is 2.12 bits per heavy atom. The molecule has 1 aromatic rings. The number of anilines is 1. The van der Waals surface area contributed by atoms with Crippen LogP contribution < -0.4 is 10.2 Å². The van der Waals surface area contributed by atoms with Gasteiger partial charge in [-0.2, -0.15) is 0 Å². The number of benzene rings is 1. The van der Waals surface area contributed by atoms with E-state index in [1.165, 1.54) is 0 Å². The molecule has 1 aromatic carbocycles. The maximum atomic E-state index is 11.5. The number of carbonyl (C=O) groups is 1. The fourth-order valence-corrected chi connectivity index (χ4v) is 2.11. The molecule has 1 saturated heterocycles. The molecule has 4 heteroatoms. The van der Waals surface area contributed by atoms with Crippen LogP contribution >= 0.6 is 0 Å². The van der Waals surface area contributed by atoms with Gasteiger partial charge in [0, 0.05) is 31.4 Å². The van der Waals surface area contributed by atoms with Gasteiger partial charge in [0.15, 0.2) is 0 Å². The monoisotopic (exact) mass is 234 g/mol. The van der Waals surface area contributed by atoms with E-state index < -0.39 is 0 Å². The van der Waals surface area contributed by atoms with E-state index in [0.717, 1.165) is 31.6 Å². The number of nitrogens with zero attached hydrogens (tertiary/aromatic N) is 1. The number of amides is 1. The number of nitrogens with one attached hydrogen (secondary N) is 1. The van der Waals surface area contributed by atoms with Gasteiger partial charge >= 0.3 is 0 Å². The molecule has 1 fully saturated rings. The van der Waals surface area contributed by atoms with Crippen molar-refractivity contribution in [2.45, 2.75) is 18.9 Å². The second-order valence-electron chi connectivity index (χ2n) is 4.35. The Labute approximate surface area is 101 Å². The van der Waals surface area contributed by atoms with Gasteiger partial charge in [-0.25, -0.2) is 0 Å². The predicted octanol–water partition coefficient (Wildman–Crippen LogP) is 1.01. The van der Waals surface area contributed by atoms with Crippen molar-refractivity contribution in [3.05, 3.63) is 29.8 Å². The van der Waals surface area contributed by atoms with Gasteiger partial charge in [0.1, 0.15) is 0 Å². The molecule has 2 N–H and O–H groups in total. The molecule has 0 aromatic heterocycles. The fraction of sp³-hybridized carbons (Fsp3) is 0.462. The average Bonchev–Trinajstić information content (AvgIpc) is 2.39. The second kappa shape index (κ2) is 5.19. The van der Waals surface area contributed by atoms with Crippen LogP contribution in [0.25, 0.3) is 0 Å². The van der Waals surface area contributed by atoms with E-state index in [1.807, 2.05) is 18.2 Å². The van der Waals surface area contributed by atoms with E-state index >= 15 is 0 Å². The molecule has 0 unspecified atom stereocenters. The first-order valence-electron chi connectivity index (χ1n) is 5.96. The van der Waals surface area contributed by atoms with Crippen molar-refractivity contribution in [2.24, 2.45) is 0 Å². The summed E-state index contributed by atoms with van der Waals surface area (Å²) in [5.74, 6) is -0.0658. The third-order valence-electron chi connectivity index (χ3n) is 3.17. The van der Waals surface area contributed by atoms with Gasteiger partial charge in [-0.3, -0.25) is 4.79 Å². The summed E-state index contributed by atoms with van der Waals surface area (Å²) < 4.78 is 0. The van der Waals surface area contributed by atoms with Gasteiger partial charge in [0.25, 0.3) is 5.91 Å². The van der Waals surface area contributed by atoms with E-state index in [2.05, 4.69) is 10.2 Å². The fourth-order valence-electron chi connectivity index (χ4n) is 2.11. The number of carbonyl (C=O) groups excluding carboxylic acids is 1. The minimum Gasteiger partial charge on any atom is -0.393 e.